The fraction of sp³-hybridized carbons (Fsp3) is 0.636. The Balaban J connectivity index is 0. The molecule has 1 unspecified atom stereocenters. The third-order valence-corrected chi connectivity index (χ3v) is 1.20. The van der Waals surface area contributed by atoms with Gasteiger partial charge in [-0.3, -0.25) is 0 Å². The largest absolute Gasteiger partial charge is 0.383 e. The maximum atomic E-state index is 3.25. The fourth-order valence-electron chi connectivity index (χ4n) is 0.822. The molecular weight excluding hydrogens is 146 g/mol. The number of nitrogens with one attached hydrogen (secondary N) is 1. The van der Waals surface area contributed by atoms with Gasteiger partial charge in [0, 0.05) is 11.7 Å². The van der Waals surface area contributed by atoms with E-state index in [2.05, 4.69) is 37.4 Å². The number of hydrogen-bond donors (Lipinski definition) is 1. The lowest BCUT2D eigenvalue weighted by Gasteiger charge is -2.13. The van der Waals surface area contributed by atoms with Gasteiger partial charge in [0.2, 0.25) is 0 Å². The van der Waals surface area contributed by atoms with Gasteiger partial charge in [-0.05, 0) is 19.9 Å². The first-order chi connectivity index (χ1) is 5.79. The van der Waals surface area contributed by atoms with Gasteiger partial charge in [0.15, 0.2) is 0 Å². The predicted octanol–water partition coefficient (Wildman–Crippen LogP) is 3.49. The summed E-state index contributed by atoms with van der Waals surface area (Å²) < 4.78 is 0. The average molecular weight is 169 g/mol. The third-order valence-electron chi connectivity index (χ3n) is 1.20. The van der Waals surface area contributed by atoms with Gasteiger partial charge < -0.3 is 5.32 Å². The Hall–Kier alpha value is -0.720. The van der Waals surface area contributed by atoms with Crippen molar-refractivity contribution in [2.24, 2.45) is 0 Å². The van der Waals surface area contributed by atoms with Gasteiger partial charge in [-0.2, -0.15) is 0 Å². The lowest BCUT2D eigenvalue weighted by Crippen LogP contribution is -2.23. The van der Waals surface area contributed by atoms with Crippen LogP contribution >= 0.6 is 0 Å². The predicted molar refractivity (Wildman–Crippen MR) is 58.2 cm³/mol. The molecule has 0 radical (unpaired) electrons. The molecule has 0 bridgehead atoms. The zero-order valence-corrected chi connectivity index (χ0v) is 9.31. The van der Waals surface area contributed by atoms with Crippen molar-refractivity contribution in [2.75, 3.05) is 0 Å². The summed E-state index contributed by atoms with van der Waals surface area (Å²) in [6.07, 6.45) is 6.28. The van der Waals surface area contributed by atoms with E-state index in [9.17, 15) is 0 Å². The second kappa shape index (κ2) is 10.3. The SMILES string of the molecule is CC.CC.CC1=CC=CC(C)N1. The smallest absolute Gasteiger partial charge is 0.0416 e. The molecule has 12 heavy (non-hydrogen) atoms. The van der Waals surface area contributed by atoms with Crippen LogP contribution in [0.15, 0.2) is 23.9 Å². The van der Waals surface area contributed by atoms with E-state index in [1.807, 2.05) is 27.7 Å². The number of dihydropyridines is 1. The molecule has 1 N–H and O–H groups in total. The summed E-state index contributed by atoms with van der Waals surface area (Å²) in [6, 6.07) is 0.514. The summed E-state index contributed by atoms with van der Waals surface area (Å²) in [5.41, 5.74) is 1.25. The molecule has 1 heteroatoms. The van der Waals surface area contributed by atoms with Crippen LogP contribution in [0.2, 0.25) is 0 Å². The molecule has 1 aliphatic heterocycles. The van der Waals surface area contributed by atoms with E-state index in [0.29, 0.717) is 6.04 Å². The zero-order valence-electron chi connectivity index (χ0n) is 9.31. The van der Waals surface area contributed by atoms with Crippen molar-refractivity contribution in [2.45, 2.75) is 47.6 Å². The minimum atomic E-state index is 0.514. The summed E-state index contributed by atoms with van der Waals surface area (Å²) in [6.45, 7) is 12.2. The molecule has 1 aliphatic rings. The van der Waals surface area contributed by atoms with Crippen LogP contribution in [0.1, 0.15) is 41.5 Å². The summed E-state index contributed by atoms with van der Waals surface area (Å²) in [5, 5.41) is 3.25. The van der Waals surface area contributed by atoms with E-state index in [-0.39, 0.29) is 0 Å². The van der Waals surface area contributed by atoms with E-state index in [0.717, 1.165) is 0 Å². The quantitative estimate of drug-likeness (QED) is 0.585. The Morgan fingerprint density at radius 3 is 1.92 bits per heavy atom. The summed E-state index contributed by atoms with van der Waals surface area (Å²) in [4.78, 5) is 0. The summed E-state index contributed by atoms with van der Waals surface area (Å²) in [5.74, 6) is 0. The van der Waals surface area contributed by atoms with Gasteiger partial charge in [-0.15, -0.1) is 0 Å². The van der Waals surface area contributed by atoms with Gasteiger partial charge >= 0.3 is 0 Å². The highest BCUT2D eigenvalue weighted by Crippen LogP contribution is 1.98. The standard InChI is InChI=1S/C7H11N.2C2H6/c1-6-4-3-5-7(2)8-6;2*1-2/h3-6,8H,1-2H3;2*1-2H3. The van der Waals surface area contributed by atoms with Crippen molar-refractivity contribution < 1.29 is 0 Å². The minimum Gasteiger partial charge on any atom is -0.383 e. The molecule has 0 aromatic heterocycles. The molecule has 0 aliphatic carbocycles. The zero-order chi connectivity index (χ0) is 9.98. The van der Waals surface area contributed by atoms with Crippen LogP contribution in [0.5, 0.6) is 0 Å². The highest BCUT2D eigenvalue weighted by molar-refractivity contribution is 5.17. The fourth-order valence-corrected chi connectivity index (χ4v) is 0.822. The molecule has 0 fully saturated rings. The Morgan fingerprint density at radius 1 is 1.17 bits per heavy atom. The van der Waals surface area contributed by atoms with Gasteiger partial charge in [0.1, 0.15) is 0 Å². The van der Waals surface area contributed by atoms with Crippen LogP contribution in [-0.2, 0) is 0 Å². The highest BCUT2D eigenvalue weighted by atomic mass is 14.9. The molecule has 72 valence electrons. The molecule has 0 amide bonds. The van der Waals surface area contributed by atoms with Crippen LogP contribution < -0.4 is 5.32 Å². The van der Waals surface area contributed by atoms with E-state index in [4.69, 9.17) is 0 Å². The summed E-state index contributed by atoms with van der Waals surface area (Å²) >= 11 is 0. The lowest BCUT2D eigenvalue weighted by atomic mass is 10.2. The third kappa shape index (κ3) is 7.39. The minimum absolute atomic E-state index is 0.514. The van der Waals surface area contributed by atoms with Crippen molar-refractivity contribution in [3.8, 4) is 0 Å². The molecule has 1 nitrogen and oxygen atoms in total. The maximum absolute atomic E-state index is 3.25. The molecule has 1 heterocycles. The van der Waals surface area contributed by atoms with Crippen LogP contribution in [0.3, 0.4) is 0 Å². The van der Waals surface area contributed by atoms with Crippen molar-refractivity contribution >= 4 is 0 Å². The van der Waals surface area contributed by atoms with Crippen LogP contribution in [0.4, 0.5) is 0 Å². The van der Waals surface area contributed by atoms with Crippen molar-refractivity contribution in [1.82, 2.24) is 5.32 Å². The first-order valence-corrected chi connectivity index (χ1v) is 4.90. The molecule has 0 saturated carbocycles. The van der Waals surface area contributed by atoms with Crippen molar-refractivity contribution in [1.29, 1.82) is 0 Å². The number of hydrogen-bond acceptors (Lipinski definition) is 1. The van der Waals surface area contributed by atoms with Gasteiger partial charge in [-0.25, -0.2) is 0 Å². The summed E-state index contributed by atoms with van der Waals surface area (Å²) in [7, 11) is 0. The molecule has 0 aromatic carbocycles. The molecule has 0 spiro atoms. The van der Waals surface area contributed by atoms with Crippen LogP contribution in [0, 0.1) is 0 Å². The number of allylic oxidation sites excluding steroid dienone is 3. The van der Waals surface area contributed by atoms with E-state index >= 15 is 0 Å². The van der Waals surface area contributed by atoms with E-state index < -0.39 is 0 Å². The second-order valence-electron chi connectivity index (χ2n) is 2.17. The highest BCUT2D eigenvalue weighted by Gasteiger charge is 1.97. The Morgan fingerprint density at radius 2 is 1.67 bits per heavy atom. The molecule has 1 atom stereocenters. The first-order valence-electron chi connectivity index (χ1n) is 4.90. The Bertz CT molecular complexity index is 134. The molecule has 1 rings (SSSR count). The lowest BCUT2D eigenvalue weighted by molar-refractivity contribution is 0.718. The Kier molecular flexibility index (Phi) is 11.9. The van der Waals surface area contributed by atoms with Crippen LogP contribution in [0.25, 0.3) is 0 Å². The first kappa shape index (κ1) is 13.8. The molecule has 0 saturated heterocycles. The normalized spacial score (nSPS) is 18.8. The van der Waals surface area contributed by atoms with Crippen molar-refractivity contribution in [3.05, 3.63) is 23.9 Å². The molecular formula is C11H23N. The monoisotopic (exact) mass is 169 g/mol. The van der Waals surface area contributed by atoms with Gasteiger partial charge in [0.05, 0.1) is 0 Å². The van der Waals surface area contributed by atoms with Crippen LogP contribution in [-0.4, -0.2) is 6.04 Å². The second-order valence-corrected chi connectivity index (χ2v) is 2.17. The Labute approximate surface area is 77.6 Å². The van der Waals surface area contributed by atoms with Crippen molar-refractivity contribution in [3.63, 3.8) is 0 Å². The van der Waals surface area contributed by atoms with Gasteiger partial charge in [0.25, 0.3) is 0 Å². The van der Waals surface area contributed by atoms with E-state index in [1.54, 1.807) is 0 Å². The average Bonchev–Trinajstić information content (AvgIpc) is 2.11. The number of rotatable bonds is 0. The molecule has 0 aromatic rings. The van der Waals surface area contributed by atoms with E-state index in [1.165, 1.54) is 5.70 Å². The maximum Gasteiger partial charge on any atom is 0.0416 e. The van der Waals surface area contributed by atoms with Gasteiger partial charge in [-0.1, -0.05) is 39.8 Å². The topological polar surface area (TPSA) is 12.0 Å².